The summed E-state index contributed by atoms with van der Waals surface area (Å²) < 4.78 is 38.6. The van der Waals surface area contributed by atoms with E-state index in [1.54, 1.807) is 0 Å². The zero-order valence-electron chi connectivity index (χ0n) is 12.7. The van der Waals surface area contributed by atoms with E-state index < -0.39 is 46.3 Å². The summed E-state index contributed by atoms with van der Waals surface area (Å²) >= 11 is 0. The predicted molar refractivity (Wildman–Crippen MR) is 82.1 cm³/mol. The van der Waals surface area contributed by atoms with Crippen molar-refractivity contribution in [3.63, 3.8) is 0 Å². The van der Waals surface area contributed by atoms with Gasteiger partial charge in [0.1, 0.15) is 11.4 Å². The third-order valence-electron chi connectivity index (χ3n) is 4.06. The normalized spacial score (nSPS) is 16.5. The maximum Gasteiger partial charge on any atom is 0.416 e. The standard InChI is InChI=1S/C15H13F3N4O3/c16-15(17,18)7-3-1-6-2-4-9(8(6)5-7)20-13(24)11-10(19)12(23)22-14(25)21-11/h1,3,5,9H,2,4,19H2,(H,20,24)(H2,21,22,23,25)/t9-/m1/s1. The van der Waals surface area contributed by atoms with Crippen molar-refractivity contribution in [1.29, 1.82) is 0 Å². The summed E-state index contributed by atoms with van der Waals surface area (Å²) in [4.78, 5) is 39.0. The first-order valence-electron chi connectivity index (χ1n) is 7.30. The van der Waals surface area contributed by atoms with Crippen molar-refractivity contribution >= 4 is 11.6 Å². The van der Waals surface area contributed by atoms with E-state index in [0.29, 0.717) is 24.0 Å². The number of nitrogens with one attached hydrogen (secondary N) is 3. The molecule has 1 aliphatic carbocycles. The molecule has 0 unspecified atom stereocenters. The van der Waals surface area contributed by atoms with Gasteiger partial charge < -0.3 is 16.0 Å². The molecule has 7 nitrogen and oxygen atoms in total. The van der Waals surface area contributed by atoms with Gasteiger partial charge in [-0.3, -0.25) is 14.6 Å². The van der Waals surface area contributed by atoms with Gasteiger partial charge in [0, 0.05) is 0 Å². The van der Waals surface area contributed by atoms with E-state index in [0.717, 1.165) is 12.1 Å². The van der Waals surface area contributed by atoms with E-state index in [2.05, 4.69) is 10.3 Å². The number of amides is 1. The fourth-order valence-corrected chi connectivity index (χ4v) is 2.83. The SMILES string of the molecule is Nc1c(C(=O)N[C@@H]2CCc3ccc(C(F)(F)F)cc32)[nH]c(=O)[nH]c1=O. The lowest BCUT2D eigenvalue weighted by Crippen LogP contribution is -2.35. The van der Waals surface area contributed by atoms with Crippen LogP contribution < -0.4 is 22.3 Å². The third-order valence-corrected chi connectivity index (χ3v) is 4.06. The molecule has 132 valence electrons. The number of carbonyl (C=O) groups excluding carboxylic acids is 1. The topological polar surface area (TPSA) is 121 Å². The quantitative estimate of drug-likeness (QED) is 0.645. The molecule has 10 heteroatoms. The van der Waals surface area contributed by atoms with Gasteiger partial charge >= 0.3 is 11.9 Å². The van der Waals surface area contributed by atoms with Gasteiger partial charge in [0.05, 0.1) is 11.6 Å². The summed E-state index contributed by atoms with van der Waals surface area (Å²) in [5, 5.41) is 2.52. The molecule has 1 amide bonds. The number of carbonyl (C=O) groups is 1. The smallest absolute Gasteiger partial charge is 0.392 e. The molecule has 0 radical (unpaired) electrons. The molecule has 1 atom stereocenters. The van der Waals surface area contributed by atoms with Crippen LogP contribution in [0.4, 0.5) is 18.9 Å². The number of aromatic nitrogens is 2. The first-order valence-corrected chi connectivity index (χ1v) is 7.30. The number of nitrogens with two attached hydrogens (primary N) is 1. The molecule has 5 N–H and O–H groups in total. The van der Waals surface area contributed by atoms with E-state index in [-0.39, 0.29) is 0 Å². The maximum atomic E-state index is 12.9. The highest BCUT2D eigenvalue weighted by molar-refractivity contribution is 5.97. The molecule has 0 bridgehead atoms. The largest absolute Gasteiger partial charge is 0.416 e. The Morgan fingerprint density at radius 2 is 1.96 bits per heavy atom. The van der Waals surface area contributed by atoms with Gasteiger partial charge in [-0.05, 0) is 36.1 Å². The number of anilines is 1. The van der Waals surface area contributed by atoms with Crippen LogP contribution in [0.3, 0.4) is 0 Å². The lowest BCUT2D eigenvalue weighted by molar-refractivity contribution is -0.137. The van der Waals surface area contributed by atoms with Crippen LogP contribution in [0.5, 0.6) is 0 Å². The number of benzene rings is 1. The van der Waals surface area contributed by atoms with Crippen LogP contribution in [-0.2, 0) is 12.6 Å². The minimum Gasteiger partial charge on any atom is -0.392 e. The lowest BCUT2D eigenvalue weighted by atomic mass is 10.0. The van der Waals surface area contributed by atoms with Gasteiger partial charge in [0.25, 0.3) is 11.5 Å². The molecular formula is C15H13F3N4O3. The monoisotopic (exact) mass is 354 g/mol. The van der Waals surface area contributed by atoms with Crippen molar-refractivity contribution in [2.45, 2.75) is 25.1 Å². The number of halogens is 3. The van der Waals surface area contributed by atoms with Crippen molar-refractivity contribution in [3.8, 4) is 0 Å². The van der Waals surface area contributed by atoms with E-state index in [1.807, 2.05) is 4.98 Å². The molecule has 1 aromatic carbocycles. The lowest BCUT2D eigenvalue weighted by Gasteiger charge is -2.16. The number of hydrogen-bond donors (Lipinski definition) is 4. The minimum absolute atomic E-state index is 0.355. The van der Waals surface area contributed by atoms with E-state index in [9.17, 15) is 27.6 Å². The fraction of sp³-hybridized carbons (Fsp3) is 0.267. The molecule has 0 saturated heterocycles. The fourth-order valence-electron chi connectivity index (χ4n) is 2.83. The van der Waals surface area contributed by atoms with Crippen molar-refractivity contribution in [1.82, 2.24) is 15.3 Å². The summed E-state index contributed by atoms with van der Waals surface area (Å²) in [6.07, 6.45) is -3.59. The Morgan fingerprint density at radius 3 is 2.64 bits per heavy atom. The molecule has 0 fully saturated rings. The van der Waals surface area contributed by atoms with Gasteiger partial charge in [-0.1, -0.05) is 6.07 Å². The second-order valence-electron chi connectivity index (χ2n) is 5.67. The Hall–Kier alpha value is -3.04. The van der Waals surface area contributed by atoms with Crippen molar-refractivity contribution in [3.05, 3.63) is 61.4 Å². The number of hydrogen-bond acceptors (Lipinski definition) is 4. The number of fused-ring (bicyclic) bond motifs is 1. The van der Waals surface area contributed by atoms with Crippen molar-refractivity contribution < 1.29 is 18.0 Å². The van der Waals surface area contributed by atoms with Gasteiger partial charge in [-0.15, -0.1) is 0 Å². The first-order chi connectivity index (χ1) is 11.7. The summed E-state index contributed by atoms with van der Waals surface area (Å²) in [6, 6.07) is 2.70. The Balaban J connectivity index is 1.91. The Morgan fingerprint density at radius 1 is 1.24 bits per heavy atom. The molecule has 25 heavy (non-hydrogen) atoms. The molecule has 0 spiro atoms. The van der Waals surface area contributed by atoms with Crippen LogP contribution in [0, 0.1) is 0 Å². The molecule has 3 rings (SSSR count). The predicted octanol–water partition coefficient (Wildman–Crippen LogP) is 1.08. The third kappa shape index (κ3) is 3.14. The highest BCUT2D eigenvalue weighted by Crippen LogP contribution is 2.37. The number of nitrogen functional groups attached to an aromatic ring is 1. The van der Waals surface area contributed by atoms with Crippen molar-refractivity contribution in [2.24, 2.45) is 0 Å². The highest BCUT2D eigenvalue weighted by atomic mass is 19.4. The van der Waals surface area contributed by atoms with Crippen LogP contribution in [0.2, 0.25) is 0 Å². The second kappa shape index (κ2) is 5.80. The Kier molecular flexibility index (Phi) is 3.90. The van der Waals surface area contributed by atoms with Gasteiger partial charge in [-0.25, -0.2) is 4.79 Å². The molecule has 1 heterocycles. The summed E-state index contributed by atoms with van der Waals surface area (Å²) in [7, 11) is 0. The molecule has 1 aromatic heterocycles. The summed E-state index contributed by atoms with van der Waals surface area (Å²) in [6.45, 7) is 0. The van der Waals surface area contributed by atoms with Gasteiger partial charge in [-0.2, -0.15) is 13.2 Å². The molecular weight excluding hydrogens is 341 g/mol. The Labute approximate surface area is 138 Å². The van der Waals surface area contributed by atoms with Gasteiger partial charge in [0.15, 0.2) is 0 Å². The second-order valence-corrected chi connectivity index (χ2v) is 5.67. The van der Waals surface area contributed by atoms with E-state index in [1.165, 1.54) is 6.07 Å². The van der Waals surface area contributed by atoms with Crippen molar-refractivity contribution in [2.75, 3.05) is 5.73 Å². The minimum atomic E-state index is -4.49. The van der Waals surface area contributed by atoms with Crippen LogP contribution in [0.1, 0.15) is 39.6 Å². The first kappa shape index (κ1) is 16.8. The maximum absolute atomic E-state index is 12.9. The number of H-pyrrole nitrogens is 2. The molecule has 0 aliphatic heterocycles. The zero-order valence-corrected chi connectivity index (χ0v) is 12.7. The van der Waals surface area contributed by atoms with Crippen LogP contribution in [0.25, 0.3) is 0 Å². The number of aryl methyl sites for hydroxylation is 1. The molecule has 1 aliphatic rings. The summed E-state index contributed by atoms with van der Waals surface area (Å²) in [5.41, 5.74) is 3.01. The number of alkyl halides is 3. The highest BCUT2D eigenvalue weighted by Gasteiger charge is 2.33. The molecule has 0 saturated carbocycles. The van der Waals surface area contributed by atoms with Crippen LogP contribution in [-0.4, -0.2) is 15.9 Å². The zero-order chi connectivity index (χ0) is 18.4. The average Bonchev–Trinajstić information content (AvgIpc) is 2.92. The van der Waals surface area contributed by atoms with E-state index >= 15 is 0 Å². The van der Waals surface area contributed by atoms with E-state index in [4.69, 9.17) is 5.73 Å². The molecule has 2 aromatic rings. The number of rotatable bonds is 2. The van der Waals surface area contributed by atoms with Gasteiger partial charge in [0.2, 0.25) is 0 Å². The summed E-state index contributed by atoms with van der Waals surface area (Å²) in [5.74, 6) is -0.837. The average molecular weight is 354 g/mol. The Bertz CT molecular complexity index is 962. The van der Waals surface area contributed by atoms with Crippen LogP contribution >= 0.6 is 0 Å². The number of aromatic amines is 2. The van der Waals surface area contributed by atoms with Crippen LogP contribution in [0.15, 0.2) is 27.8 Å².